The van der Waals surface area contributed by atoms with Gasteiger partial charge in [-0.15, -0.1) is 0 Å². The van der Waals surface area contributed by atoms with Gasteiger partial charge in [0.05, 0.1) is 17.2 Å². The SMILES string of the molecule is CCC1CCC(C#N)(Cc2cc(C)nn2CC)CC1. The Balaban J connectivity index is 2.13. The first-order chi connectivity index (χ1) is 9.12. The first-order valence-electron chi connectivity index (χ1n) is 7.57. The molecule has 1 fully saturated rings. The molecular weight excluding hydrogens is 234 g/mol. The van der Waals surface area contributed by atoms with Crippen LogP contribution >= 0.6 is 0 Å². The first-order valence-corrected chi connectivity index (χ1v) is 7.57. The molecule has 3 nitrogen and oxygen atoms in total. The van der Waals surface area contributed by atoms with Crippen molar-refractivity contribution in [2.75, 3.05) is 0 Å². The average Bonchev–Trinajstić information content (AvgIpc) is 2.79. The van der Waals surface area contributed by atoms with Crippen molar-refractivity contribution in [1.82, 2.24) is 9.78 Å². The molecule has 0 saturated heterocycles. The summed E-state index contributed by atoms with van der Waals surface area (Å²) < 4.78 is 2.06. The van der Waals surface area contributed by atoms with E-state index in [0.29, 0.717) is 0 Å². The van der Waals surface area contributed by atoms with Gasteiger partial charge in [0.1, 0.15) is 0 Å². The van der Waals surface area contributed by atoms with E-state index >= 15 is 0 Å². The van der Waals surface area contributed by atoms with Gasteiger partial charge in [0.2, 0.25) is 0 Å². The molecule has 1 aromatic heterocycles. The lowest BCUT2D eigenvalue weighted by atomic mass is 9.68. The predicted molar refractivity (Wildman–Crippen MR) is 76.6 cm³/mol. The first kappa shape index (κ1) is 14.1. The lowest BCUT2D eigenvalue weighted by Gasteiger charge is -2.34. The van der Waals surface area contributed by atoms with Gasteiger partial charge in [-0.05, 0) is 51.5 Å². The number of nitrogens with zero attached hydrogens (tertiary/aromatic N) is 3. The second-order valence-electron chi connectivity index (χ2n) is 6.01. The summed E-state index contributed by atoms with van der Waals surface area (Å²) >= 11 is 0. The minimum absolute atomic E-state index is 0.148. The minimum atomic E-state index is -0.148. The summed E-state index contributed by atoms with van der Waals surface area (Å²) in [6.07, 6.45) is 6.65. The van der Waals surface area contributed by atoms with Crippen LogP contribution in [0.25, 0.3) is 0 Å². The Morgan fingerprint density at radius 2 is 2.11 bits per heavy atom. The predicted octanol–water partition coefficient (Wildman–Crippen LogP) is 3.86. The number of nitriles is 1. The Morgan fingerprint density at radius 3 is 2.63 bits per heavy atom. The minimum Gasteiger partial charge on any atom is -0.270 e. The van der Waals surface area contributed by atoms with Gasteiger partial charge in [-0.1, -0.05) is 13.3 Å². The van der Waals surface area contributed by atoms with E-state index in [1.54, 1.807) is 0 Å². The van der Waals surface area contributed by atoms with Crippen molar-refractivity contribution < 1.29 is 0 Å². The third-order valence-corrected chi connectivity index (χ3v) is 4.68. The van der Waals surface area contributed by atoms with Crippen molar-refractivity contribution in [3.63, 3.8) is 0 Å². The molecule has 1 heterocycles. The van der Waals surface area contributed by atoms with Gasteiger partial charge in [-0.2, -0.15) is 10.4 Å². The van der Waals surface area contributed by atoms with E-state index in [1.807, 2.05) is 6.92 Å². The van der Waals surface area contributed by atoms with E-state index in [9.17, 15) is 5.26 Å². The molecule has 19 heavy (non-hydrogen) atoms. The number of hydrogen-bond acceptors (Lipinski definition) is 2. The molecule has 0 N–H and O–H groups in total. The Labute approximate surface area is 116 Å². The van der Waals surface area contributed by atoms with Crippen molar-refractivity contribution >= 4 is 0 Å². The normalized spacial score (nSPS) is 27.2. The van der Waals surface area contributed by atoms with Gasteiger partial charge in [-0.3, -0.25) is 4.68 Å². The highest BCUT2D eigenvalue weighted by Crippen LogP contribution is 2.42. The van der Waals surface area contributed by atoms with Crippen LogP contribution in [0.2, 0.25) is 0 Å². The molecule has 1 aliphatic rings. The van der Waals surface area contributed by atoms with Gasteiger partial charge < -0.3 is 0 Å². The fraction of sp³-hybridized carbons (Fsp3) is 0.750. The highest BCUT2D eigenvalue weighted by molar-refractivity contribution is 5.15. The van der Waals surface area contributed by atoms with E-state index in [-0.39, 0.29) is 5.41 Å². The van der Waals surface area contributed by atoms with Crippen LogP contribution < -0.4 is 0 Å². The summed E-state index contributed by atoms with van der Waals surface area (Å²) in [4.78, 5) is 0. The van der Waals surface area contributed by atoms with Crippen LogP contribution in [0.5, 0.6) is 0 Å². The molecular formula is C16H25N3. The van der Waals surface area contributed by atoms with Crippen LogP contribution in [0.4, 0.5) is 0 Å². The fourth-order valence-corrected chi connectivity index (χ4v) is 3.33. The van der Waals surface area contributed by atoms with Crippen LogP contribution in [-0.4, -0.2) is 9.78 Å². The third kappa shape index (κ3) is 3.00. The van der Waals surface area contributed by atoms with Gasteiger partial charge in [0, 0.05) is 18.7 Å². The lowest BCUT2D eigenvalue weighted by molar-refractivity contribution is 0.202. The quantitative estimate of drug-likeness (QED) is 0.823. The molecule has 2 rings (SSSR count). The molecule has 1 aromatic rings. The van der Waals surface area contributed by atoms with Gasteiger partial charge in [-0.25, -0.2) is 0 Å². The largest absolute Gasteiger partial charge is 0.270 e. The van der Waals surface area contributed by atoms with Crippen molar-refractivity contribution in [2.24, 2.45) is 11.3 Å². The zero-order valence-electron chi connectivity index (χ0n) is 12.4. The Hall–Kier alpha value is -1.30. The second-order valence-corrected chi connectivity index (χ2v) is 6.01. The zero-order chi connectivity index (χ0) is 13.9. The molecule has 0 atom stereocenters. The highest BCUT2D eigenvalue weighted by Gasteiger charge is 2.36. The maximum absolute atomic E-state index is 9.65. The van der Waals surface area contributed by atoms with Crippen LogP contribution in [0.3, 0.4) is 0 Å². The number of aromatic nitrogens is 2. The smallest absolute Gasteiger partial charge is 0.0693 e. The molecule has 104 valence electrons. The maximum atomic E-state index is 9.65. The average molecular weight is 259 g/mol. The topological polar surface area (TPSA) is 41.6 Å². The van der Waals surface area contributed by atoms with Crippen molar-refractivity contribution in [1.29, 1.82) is 5.26 Å². The summed E-state index contributed by atoms with van der Waals surface area (Å²) in [6, 6.07) is 4.78. The second kappa shape index (κ2) is 5.77. The van der Waals surface area contributed by atoms with Crippen molar-refractivity contribution in [3.8, 4) is 6.07 Å². The summed E-state index contributed by atoms with van der Waals surface area (Å²) in [5.74, 6) is 0.833. The highest BCUT2D eigenvalue weighted by atomic mass is 15.3. The maximum Gasteiger partial charge on any atom is 0.0693 e. The molecule has 3 heteroatoms. The number of rotatable bonds is 4. The Morgan fingerprint density at radius 1 is 1.42 bits per heavy atom. The molecule has 0 radical (unpaired) electrons. The van der Waals surface area contributed by atoms with Crippen LogP contribution in [0.15, 0.2) is 6.07 Å². The summed E-state index contributed by atoms with van der Waals surface area (Å²) in [5, 5.41) is 14.2. The van der Waals surface area contributed by atoms with Crippen molar-refractivity contribution in [3.05, 3.63) is 17.5 Å². The summed E-state index contributed by atoms with van der Waals surface area (Å²) in [5.41, 5.74) is 2.15. The third-order valence-electron chi connectivity index (χ3n) is 4.68. The monoisotopic (exact) mass is 259 g/mol. The molecule has 0 bridgehead atoms. The van der Waals surface area contributed by atoms with E-state index in [1.165, 1.54) is 25.0 Å². The fourth-order valence-electron chi connectivity index (χ4n) is 3.33. The van der Waals surface area contributed by atoms with E-state index in [4.69, 9.17) is 0 Å². The van der Waals surface area contributed by atoms with E-state index in [2.05, 4.69) is 35.8 Å². The molecule has 1 aliphatic carbocycles. The number of hydrogen-bond donors (Lipinski definition) is 0. The summed E-state index contributed by atoms with van der Waals surface area (Å²) in [7, 11) is 0. The van der Waals surface area contributed by atoms with Gasteiger partial charge in [0.25, 0.3) is 0 Å². The van der Waals surface area contributed by atoms with E-state index < -0.39 is 0 Å². The van der Waals surface area contributed by atoms with E-state index in [0.717, 1.165) is 37.4 Å². The Kier molecular flexibility index (Phi) is 4.29. The molecule has 0 spiro atoms. The van der Waals surface area contributed by atoms with Gasteiger partial charge in [0.15, 0.2) is 0 Å². The molecule has 1 saturated carbocycles. The standard InChI is InChI=1S/C16H25N3/c1-4-14-6-8-16(12-17,9-7-14)11-15-10-13(3)18-19(15)5-2/h10,14H,4-9,11H2,1-3H3. The van der Waals surface area contributed by atoms with Crippen LogP contribution in [-0.2, 0) is 13.0 Å². The van der Waals surface area contributed by atoms with Crippen molar-refractivity contribution in [2.45, 2.75) is 65.8 Å². The van der Waals surface area contributed by atoms with Crippen LogP contribution in [0.1, 0.15) is 57.3 Å². The zero-order valence-corrected chi connectivity index (χ0v) is 12.4. The number of aryl methyl sites for hydroxylation is 2. The molecule has 0 amide bonds. The summed E-state index contributed by atoms with van der Waals surface area (Å²) in [6.45, 7) is 7.30. The molecule has 0 aromatic carbocycles. The van der Waals surface area contributed by atoms with Gasteiger partial charge >= 0.3 is 0 Å². The lowest BCUT2D eigenvalue weighted by Crippen LogP contribution is -2.29. The molecule has 0 aliphatic heterocycles. The van der Waals surface area contributed by atoms with Crippen LogP contribution in [0, 0.1) is 29.6 Å². The molecule has 0 unspecified atom stereocenters. The Bertz CT molecular complexity index is 459.